The molecule has 0 spiro atoms. The Bertz CT molecular complexity index is 1070. The highest BCUT2D eigenvalue weighted by molar-refractivity contribution is 7.99. The van der Waals surface area contributed by atoms with Gasteiger partial charge in [-0.1, -0.05) is 41.0 Å². The van der Waals surface area contributed by atoms with Crippen molar-refractivity contribution in [1.82, 2.24) is 19.7 Å². The fourth-order valence-electron chi connectivity index (χ4n) is 2.87. The molecule has 0 aliphatic carbocycles. The maximum Gasteiger partial charge on any atom is 0.236 e. The summed E-state index contributed by atoms with van der Waals surface area (Å²) < 4.78 is 7.81. The molecule has 1 amide bonds. The van der Waals surface area contributed by atoms with Crippen LogP contribution in [0.5, 0.6) is 5.75 Å². The molecule has 2 aromatic heterocycles. The normalized spacial score (nSPS) is 10.7. The number of allylic oxidation sites excluding steroid dienone is 1. The van der Waals surface area contributed by atoms with Gasteiger partial charge in [-0.2, -0.15) is 0 Å². The number of rotatable bonds is 11. The van der Waals surface area contributed by atoms with Crippen LogP contribution in [-0.4, -0.2) is 38.0 Å². The SMILES string of the molecule is C=CCn1c(CCCOc2ccc(Cl)cc2C)nnc1SCC(=O)Nc1ccc(Cl)cn1. The smallest absolute Gasteiger partial charge is 0.236 e. The lowest BCUT2D eigenvalue weighted by atomic mass is 10.2. The number of amides is 1. The summed E-state index contributed by atoms with van der Waals surface area (Å²) in [6.45, 7) is 6.87. The van der Waals surface area contributed by atoms with Crippen molar-refractivity contribution in [2.75, 3.05) is 17.7 Å². The average molecular weight is 492 g/mol. The minimum atomic E-state index is -0.189. The molecule has 32 heavy (non-hydrogen) atoms. The third-order valence-electron chi connectivity index (χ3n) is 4.37. The number of hydrogen-bond donors (Lipinski definition) is 1. The summed E-state index contributed by atoms with van der Waals surface area (Å²) in [6.07, 6.45) is 4.72. The summed E-state index contributed by atoms with van der Waals surface area (Å²) in [5, 5.41) is 13.1. The first-order valence-corrected chi connectivity index (χ1v) is 11.7. The molecule has 0 aliphatic rings. The maximum atomic E-state index is 12.2. The van der Waals surface area contributed by atoms with Crippen molar-refractivity contribution < 1.29 is 9.53 Å². The number of halogens is 2. The summed E-state index contributed by atoms with van der Waals surface area (Å²) in [5.41, 5.74) is 0.998. The zero-order chi connectivity index (χ0) is 22.9. The summed E-state index contributed by atoms with van der Waals surface area (Å²) in [4.78, 5) is 16.3. The summed E-state index contributed by atoms with van der Waals surface area (Å²) in [6, 6.07) is 8.88. The molecule has 1 aromatic carbocycles. The lowest BCUT2D eigenvalue weighted by molar-refractivity contribution is -0.113. The molecule has 0 saturated heterocycles. The number of benzene rings is 1. The van der Waals surface area contributed by atoms with Crippen molar-refractivity contribution in [2.24, 2.45) is 0 Å². The number of thioether (sulfide) groups is 1. The van der Waals surface area contributed by atoms with E-state index in [1.807, 2.05) is 29.7 Å². The number of nitrogens with one attached hydrogen (secondary N) is 1. The van der Waals surface area contributed by atoms with Crippen LogP contribution in [0.15, 0.2) is 54.3 Å². The van der Waals surface area contributed by atoms with Crippen LogP contribution in [0.2, 0.25) is 10.0 Å². The first-order chi connectivity index (χ1) is 15.5. The van der Waals surface area contributed by atoms with Gasteiger partial charge in [0.25, 0.3) is 0 Å². The third-order valence-corrected chi connectivity index (χ3v) is 5.80. The number of aromatic nitrogens is 4. The van der Waals surface area contributed by atoms with Gasteiger partial charge in [-0.25, -0.2) is 4.98 Å². The Labute approximate surface area is 201 Å². The van der Waals surface area contributed by atoms with E-state index < -0.39 is 0 Å². The maximum absolute atomic E-state index is 12.2. The van der Waals surface area contributed by atoms with Crippen molar-refractivity contribution >= 4 is 46.7 Å². The highest BCUT2D eigenvalue weighted by atomic mass is 35.5. The van der Waals surface area contributed by atoms with Crippen LogP contribution in [0.3, 0.4) is 0 Å². The Morgan fingerprint density at radius 2 is 2.06 bits per heavy atom. The van der Waals surface area contributed by atoms with E-state index in [9.17, 15) is 4.79 Å². The second-order valence-corrected chi connectivity index (χ2v) is 8.67. The number of hydrogen-bond acceptors (Lipinski definition) is 6. The quantitative estimate of drug-likeness (QED) is 0.225. The second kappa shape index (κ2) is 11.9. The van der Waals surface area contributed by atoms with Crippen LogP contribution < -0.4 is 10.1 Å². The molecular weight excluding hydrogens is 469 g/mol. The third kappa shape index (κ3) is 6.98. The highest BCUT2D eigenvalue weighted by Crippen LogP contribution is 2.22. The fraction of sp³-hybridized carbons (Fsp3) is 0.273. The number of nitrogens with zero attached hydrogens (tertiary/aromatic N) is 4. The van der Waals surface area contributed by atoms with E-state index in [1.165, 1.54) is 18.0 Å². The number of carbonyl (C=O) groups excluding carboxylic acids is 1. The van der Waals surface area contributed by atoms with Crippen molar-refractivity contribution in [3.8, 4) is 5.75 Å². The van der Waals surface area contributed by atoms with Crippen molar-refractivity contribution in [2.45, 2.75) is 31.5 Å². The minimum Gasteiger partial charge on any atom is -0.493 e. The molecule has 3 aromatic rings. The molecule has 10 heteroatoms. The van der Waals surface area contributed by atoms with E-state index >= 15 is 0 Å². The lowest BCUT2D eigenvalue weighted by Gasteiger charge is -2.10. The average Bonchev–Trinajstić information content (AvgIpc) is 3.14. The van der Waals surface area contributed by atoms with Gasteiger partial charge >= 0.3 is 0 Å². The van der Waals surface area contributed by atoms with Gasteiger partial charge in [0.1, 0.15) is 17.4 Å². The van der Waals surface area contributed by atoms with Gasteiger partial charge < -0.3 is 14.6 Å². The molecule has 1 N–H and O–H groups in total. The molecule has 2 heterocycles. The highest BCUT2D eigenvalue weighted by Gasteiger charge is 2.14. The standard InChI is InChI=1S/C22H23Cl2N5O2S/c1-3-10-29-20(5-4-11-31-18-8-6-16(23)12-15(18)2)27-28-22(29)32-14-21(30)26-19-9-7-17(24)13-25-19/h3,6-9,12-13H,1,4-5,10-11,14H2,2H3,(H,25,26,30). The Balaban J connectivity index is 1.52. The number of aryl methyl sites for hydroxylation is 2. The topological polar surface area (TPSA) is 81.9 Å². The van der Waals surface area contributed by atoms with Gasteiger partial charge in [-0.3, -0.25) is 4.79 Å². The van der Waals surface area contributed by atoms with Crippen LogP contribution in [0.4, 0.5) is 5.82 Å². The van der Waals surface area contributed by atoms with E-state index in [2.05, 4.69) is 27.1 Å². The number of anilines is 1. The van der Waals surface area contributed by atoms with Crippen molar-refractivity contribution in [1.29, 1.82) is 0 Å². The van der Waals surface area contributed by atoms with E-state index in [1.54, 1.807) is 18.2 Å². The predicted octanol–water partition coefficient (Wildman–Crippen LogP) is 5.22. The Morgan fingerprint density at radius 1 is 1.25 bits per heavy atom. The Morgan fingerprint density at radius 3 is 2.78 bits per heavy atom. The van der Waals surface area contributed by atoms with Crippen LogP contribution >= 0.6 is 35.0 Å². The first kappa shape index (κ1) is 24.1. The van der Waals surface area contributed by atoms with Gasteiger partial charge in [0.2, 0.25) is 5.91 Å². The van der Waals surface area contributed by atoms with Crippen molar-refractivity contribution in [3.63, 3.8) is 0 Å². The van der Waals surface area contributed by atoms with Crippen LogP contribution in [0.1, 0.15) is 17.8 Å². The molecule has 168 valence electrons. The van der Waals surface area contributed by atoms with E-state index in [4.69, 9.17) is 27.9 Å². The molecule has 0 aliphatic heterocycles. The monoisotopic (exact) mass is 491 g/mol. The molecule has 7 nitrogen and oxygen atoms in total. The molecule has 0 atom stereocenters. The van der Waals surface area contributed by atoms with Crippen LogP contribution in [0, 0.1) is 6.92 Å². The van der Waals surface area contributed by atoms with E-state index in [0.29, 0.717) is 40.6 Å². The zero-order valence-corrected chi connectivity index (χ0v) is 19.9. The van der Waals surface area contributed by atoms with Gasteiger partial charge in [0, 0.05) is 24.2 Å². The van der Waals surface area contributed by atoms with Crippen molar-refractivity contribution in [3.05, 3.63) is 70.6 Å². The van der Waals surface area contributed by atoms with Crippen LogP contribution in [0.25, 0.3) is 0 Å². The molecule has 0 radical (unpaired) electrons. The van der Waals surface area contributed by atoms with E-state index in [0.717, 1.165) is 23.6 Å². The molecular formula is C22H23Cl2N5O2S. The minimum absolute atomic E-state index is 0.179. The van der Waals surface area contributed by atoms with Gasteiger partial charge in [0.05, 0.1) is 17.4 Å². The Hall–Kier alpha value is -2.55. The predicted molar refractivity (Wildman–Crippen MR) is 129 cm³/mol. The van der Waals surface area contributed by atoms with Crippen LogP contribution in [-0.2, 0) is 17.8 Å². The first-order valence-electron chi connectivity index (χ1n) is 9.92. The number of ether oxygens (including phenoxy) is 1. The van der Waals surface area contributed by atoms with Gasteiger partial charge in [-0.15, -0.1) is 16.8 Å². The van der Waals surface area contributed by atoms with Gasteiger partial charge in [0.15, 0.2) is 5.16 Å². The van der Waals surface area contributed by atoms with Gasteiger partial charge in [-0.05, 0) is 49.2 Å². The van der Waals surface area contributed by atoms with E-state index in [-0.39, 0.29) is 11.7 Å². The Kier molecular flexibility index (Phi) is 8.96. The lowest BCUT2D eigenvalue weighted by Crippen LogP contribution is -2.15. The molecule has 3 rings (SSSR count). The molecule has 0 fully saturated rings. The summed E-state index contributed by atoms with van der Waals surface area (Å²) >= 11 is 13.1. The largest absolute Gasteiger partial charge is 0.493 e. The fourth-order valence-corrected chi connectivity index (χ4v) is 3.97. The number of pyridine rings is 1. The number of carbonyl (C=O) groups is 1. The molecule has 0 saturated carbocycles. The zero-order valence-electron chi connectivity index (χ0n) is 17.6. The summed E-state index contributed by atoms with van der Waals surface area (Å²) in [5.74, 6) is 2.08. The molecule has 0 unspecified atom stereocenters. The second-order valence-electron chi connectivity index (χ2n) is 6.86. The molecule has 0 bridgehead atoms. The summed E-state index contributed by atoms with van der Waals surface area (Å²) in [7, 11) is 0.